The van der Waals surface area contributed by atoms with Gasteiger partial charge in [-0.05, 0) is 35.4 Å². The molecule has 1 aromatic heterocycles. The van der Waals surface area contributed by atoms with Gasteiger partial charge in [-0.25, -0.2) is 9.78 Å². The fourth-order valence-corrected chi connectivity index (χ4v) is 5.45. The molecule has 35 heavy (non-hydrogen) atoms. The molecular weight excluding hydrogens is 440 g/mol. The summed E-state index contributed by atoms with van der Waals surface area (Å²) >= 11 is 0. The Morgan fingerprint density at radius 1 is 1.06 bits per heavy atom. The van der Waals surface area contributed by atoms with Crippen molar-refractivity contribution < 1.29 is 9.53 Å². The van der Waals surface area contributed by atoms with E-state index in [2.05, 4.69) is 79.8 Å². The highest BCUT2D eigenvalue weighted by Gasteiger charge is 2.32. The molecule has 0 radical (unpaired) electrons. The standard InChI is InChI=1S/C27H30N6O2/c1-28-16-19-17-33-25(30-19)10-11-29-26(33)31-12-14-32(15-13-31)27(34)35-18-24-22-8-4-2-6-20(22)21-7-3-5-9-23(21)24/h2-11,17,24,26,28-29H,12-16,18H2,1H3. The first-order chi connectivity index (χ1) is 17.2. The average Bonchev–Trinajstić information content (AvgIpc) is 3.46. The van der Waals surface area contributed by atoms with Gasteiger partial charge in [0, 0.05) is 51.0 Å². The number of ether oxygens (including phenoxy) is 1. The lowest BCUT2D eigenvalue weighted by molar-refractivity contribution is 0.0391. The van der Waals surface area contributed by atoms with Crippen molar-refractivity contribution in [1.29, 1.82) is 0 Å². The molecule has 0 saturated carbocycles. The lowest BCUT2D eigenvalue weighted by Crippen LogP contribution is -2.53. The Kier molecular flexibility index (Phi) is 5.75. The Morgan fingerprint density at radius 2 is 1.74 bits per heavy atom. The maximum Gasteiger partial charge on any atom is 0.409 e. The van der Waals surface area contributed by atoms with Gasteiger partial charge >= 0.3 is 6.09 Å². The van der Waals surface area contributed by atoms with Crippen LogP contribution in [0.2, 0.25) is 0 Å². The number of fused-ring (bicyclic) bond motifs is 4. The lowest BCUT2D eigenvalue weighted by Gasteiger charge is -2.40. The zero-order valence-corrected chi connectivity index (χ0v) is 19.9. The summed E-state index contributed by atoms with van der Waals surface area (Å²) in [5.41, 5.74) is 5.96. The van der Waals surface area contributed by atoms with Crippen LogP contribution >= 0.6 is 0 Å². The lowest BCUT2D eigenvalue weighted by atomic mass is 9.98. The summed E-state index contributed by atoms with van der Waals surface area (Å²) in [5.74, 6) is 1.02. The predicted octanol–water partition coefficient (Wildman–Crippen LogP) is 3.20. The number of carbonyl (C=O) groups excluding carboxylic acids is 1. The maximum absolute atomic E-state index is 13.0. The highest BCUT2D eigenvalue weighted by Crippen LogP contribution is 2.44. The number of hydrogen-bond acceptors (Lipinski definition) is 6. The van der Waals surface area contributed by atoms with E-state index in [1.54, 1.807) is 0 Å². The summed E-state index contributed by atoms with van der Waals surface area (Å²) in [5, 5.41) is 6.60. The van der Waals surface area contributed by atoms with Gasteiger partial charge in [0.1, 0.15) is 12.4 Å². The van der Waals surface area contributed by atoms with Gasteiger partial charge in [-0.15, -0.1) is 0 Å². The minimum Gasteiger partial charge on any atom is -0.448 e. The van der Waals surface area contributed by atoms with Gasteiger partial charge in [0.05, 0.1) is 5.69 Å². The molecule has 2 N–H and O–H groups in total. The topological polar surface area (TPSA) is 74.7 Å². The quantitative estimate of drug-likeness (QED) is 0.597. The molecule has 3 aliphatic rings. The third-order valence-corrected chi connectivity index (χ3v) is 7.16. The summed E-state index contributed by atoms with van der Waals surface area (Å²) in [6.45, 7) is 3.87. The Balaban J connectivity index is 1.08. The normalized spacial score (nSPS) is 19.1. The van der Waals surface area contributed by atoms with E-state index in [1.165, 1.54) is 22.3 Å². The van der Waals surface area contributed by atoms with Crippen LogP contribution in [0.5, 0.6) is 0 Å². The smallest absolute Gasteiger partial charge is 0.409 e. The van der Waals surface area contributed by atoms with E-state index < -0.39 is 0 Å². The summed E-state index contributed by atoms with van der Waals surface area (Å²) in [6, 6.07) is 16.8. The van der Waals surface area contributed by atoms with Crippen molar-refractivity contribution in [3.05, 3.63) is 83.6 Å². The molecule has 1 amide bonds. The highest BCUT2D eigenvalue weighted by molar-refractivity contribution is 5.79. The van der Waals surface area contributed by atoms with Crippen LogP contribution in [0.3, 0.4) is 0 Å². The molecule has 180 valence electrons. The first-order valence-electron chi connectivity index (χ1n) is 12.2. The fourth-order valence-electron chi connectivity index (χ4n) is 5.45. The molecule has 3 aromatic rings. The van der Waals surface area contributed by atoms with Gasteiger partial charge < -0.3 is 20.3 Å². The number of hydrogen-bond donors (Lipinski definition) is 2. The second kappa shape index (κ2) is 9.20. The van der Waals surface area contributed by atoms with Crippen LogP contribution in [0, 0.1) is 0 Å². The molecule has 2 aromatic carbocycles. The van der Waals surface area contributed by atoms with Crippen LogP contribution in [0.15, 0.2) is 60.9 Å². The van der Waals surface area contributed by atoms with Crippen molar-refractivity contribution in [2.24, 2.45) is 0 Å². The van der Waals surface area contributed by atoms with Gasteiger partial charge in [-0.2, -0.15) is 0 Å². The summed E-state index contributed by atoms with van der Waals surface area (Å²) < 4.78 is 8.03. The van der Waals surface area contributed by atoms with Crippen molar-refractivity contribution in [2.45, 2.75) is 18.8 Å². The van der Waals surface area contributed by atoms with Crippen LogP contribution in [0.1, 0.15) is 34.9 Å². The van der Waals surface area contributed by atoms with Crippen LogP contribution in [-0.2, 0) is 11.3 Å². The number of amides is 1. The maximum atomic E-state index is 13.0. The number of rotatable bonds is 5. The van der Waals surface area contributed by atoms with Gasteiger partial charge in [0.25, 0.3) is 0 Å². The third-order valence-electron chi connectivity index (χ3n) is 7.16. The largest absolute Gasteiger partial charge is 0.448 e. The summed E-state index contributed by atoms with van der Waals surface area (Å²) in [6.07, 6.45) is 5.79. The molecule has 1 aliphatic carbocycles. The van der Waals surface area contributed by atoms with E-state index >= 15 is 0 Å². The van der Waals surface area contributed by atoms with E-state index in [0.717, 1.165) is 31.2 Å². The minimum absolute atomic E-state index is 0.00207. The van der Waals surface area contributed by atoms with E-state index in [0.29, 0.717) is 19.7 Å². The molecule has 1 saturated heterocycles. The predicted molar refractivity (Wildman–Crippen MR) is 134 cm³/mol. The van der Waals surface area contributed by atoms with E-state index in [4.69, 9.17) is 4.74 Å². The fraction of sp³-hybridized carbons (Fsp3) is 0.333. The highest BCUT2D eigenvalue weighted by atomic mass is 16.6. The third kappa shape index (κ3) is 3.98. The number of aromatic nitrogens is 2. The van der Waals surface area contributed by atoms with Crippen molar-refractivity contribution in [2.75, 3.05) is 39.8 Å². The molecule has 6 rings (SSSR count). The molecule has 1 fully saturated rings. The number of benzene rings is 2. The number of nitrogens with zero attached hydrogens (tertiary/aromatic N) is 4. The van der Waals surface area contributed by atoms with E-state index in [1.807, 2.05) is 24.2 Å². The average molecular weight is 471 g/mol. The molecule has 8 heteroatoms. The first kappa shape index (κ1) is 21.9. The molecule has 0 bridgehead atoms. The molecule has 0 spiro atoms. The van der Waals surface area contributed by atoms with Crippen LogP contribution in [0.25, 0.3) is 17.2 Å². The van der Waals surface area contributed by atoms with Gasteiger partial charge in [-0.1, -0.05) is 48.5 Å². The Hall–Kier alpha value is -3.62. The van der Waals surface area contributed by atoms with Crippen LogP contribution in [-0.4, -0.2) is 65.3 Å². The number of nitrogens with one attached hydrogen (secondary N) is 2. The Morgan fingerprint density at radius 3 is 2.43 bits per heavy atom. The zero-order chi connectivity index (χ0) is 23.8. The number of piperazine rings is 1. The molecular formula is C27H30N6O2. The van der Waals surface area contributed by atoms with Gasteiger partial charge in [0.2, 0.25) is 0 Å². The van der Waals surface area contributed by atoms with E-state index in [-0.39, 0.29) is 18.3 Å². The SMILES string of the molecule is CNCc1cn2c(n1)C=CNC2N1CCN(C(=O)OCC2c3ccccc3-c3ccccc32)CC1. The van der Waals surface area contributed by atoms with Gasteiger partial charge in [0.15, 0.2) is 6.29 Å². The Bertz CT molecular complexity index is 1210. The van der Waals surface area contributed by atoms with Gasteiger partial charge in [-0.3, -0.25) is 9.47 Å². The van der Waals surface area contributed by atoms with Crippen molar-refractivity contribution in [1.82, 2.24) is 30.0 Å². The molecule has 1 atom stereocenters. The minimum atomic E-state index is -0.234. The second-order valence-electron chi connectivity index (χ2n) is 9.23. The van der Waals surface area contributed by atoms with Crippen molar-refractivity contribution in [3.8, 4) is 11.1 Å². The molecule has 8 nitrogen and oxygen atoms in total. The number of imidazole rings is 1. The monoisotopic (exact) mass is 470 g/mol. The van der Waals surface area contributed by atoms with Crippen molar-refractivity contribution in [3.63, 3.8) is 0 Å². The van der Waals surface area contributed by atoms with E-state index in [9.17, 15) is 4.79 Å². The summed E-state index contributed by atoms with van der Waals surface area (Å²) in [4.78, 5) is 21.8. The first-order valence-corrected chi connectivity index (χ1v) is 12.2. The molecule has 3 heterocycles. The Labute approximate surface area is 205 Å². The zero-order valence-electron chi connectivity index (χ0n) is 19.9. The molecule has 2 aliphatic heterocycles. The summed E-state index contributed by atoms with van der Waals surface area (Å²) in [7, 11) is 1.92. The number of carbonyl (C=O) groups is 1. The second-order valence-corrected chi connectivity index (χ2v) is 9.23. The van der Waals surface area contributed by atoms with Crippen LogP contribution < -0.4 is 10.6 Å². The van der Waals surface area contributed by atoms with Crippen LogP contribution in [0.4, 0.5) is 4.79 Å². The molecule has 1 unspecified atom stereocenters. The van der Waals surface area contributed by atoms with Crippen molar-refractivity contribution >= 4 is 12.2 Å².